The number of fused-ring (bicyclic) bond motifs is 1. The van der Waals surface area contributed by atoms with E-state index in [9.17, 15) is 4.79 Å². The van der Waals surface area contributed by atoms with Crippen LogP contribution in [-0.2, 0) is 17.6 Å². The van der Waals surface area contributed by atoms with Crippen LogP contribution in [0.3, 0.4) is 0 Å². The van der Waals surface area contributed by atoms with Crippen LogP contribution in [0.15, 0.2) is 18.2 Å². The Morgan fingerprint density at radius 2 is 2.00 bits per heavy atom. The zero-order valence-electron chi connectivity index (χ0n) is 13.2. The maximum absolute atomic E-state index is 11.5. The molecule has 0 radical (unpaired) electrons. The summed E-state index contributed by atoms with van der Waals surface area (Å²) in [5.41, 5.74) is 2.27. The van der Waals surface area contributed by atoms with Crippen molar-refractivity contribution in [1.82, 2.24) is 5.32 Å². The molecule has 1 aliphatic carbocycles. The van der Waals surface area contributed by atoms with E-state index in [2.05, 4.69) is 11.4 Å². The Bertz CT molecular complexity index is 491. The van der Waals surface area contributed by atoms with Crippen LogP contribution in [0.4, 0.5) is 4.79 Å². The minimum Gasteiger partial charge on any atom is -0.491 e. The van der Waals surface area contributed by atoms with Crippen molar-refractivity contribution in [1.29, 1.82) is 0 Å². The first-order valence-electron chi connectivity index (χ1n) is 7.66. The summed E-state index contributed by atoms with van der Waals surface area (Å²) in [6.07, 6.45) is 4.31. The second-order valence-corrected chi connectivity index (χ2v) is 6.38. The number of carbonyl (C=O) groups is 1. The minimum atomic E-state index is -0.469. The van der Waals surface area contributed by atoms with Gasteiger partial charge < -0.3 is 14.8 Å². The fourth-order valence-corrected chi connectivity index (χ4v) is 2.51. The second-order valence-electron chi connectivity index (χ2n) is 6.38. The van der Waals surface area contributed by atoms with Crippen molar-refractivity contribution in [2.45, 2.75) is 52.1 Å². The van der Waals surface area contributed by atoms with Gasteiger partial charge in [-0.3, -0.25) is 0 Å². The number of carbonyl (C=O) groups excluding carboxylic acids is 1. The van der Waals surface area contributed by atoms with Gasteiger partial charge in [-0.25, -0.2) is 4.79 Å². The molecule has 0 heterocycles. The molecule has 0 aromatic heterocycles. The molecule has 0 spiro atoms. The summed E-state index contributed by atoms with van der Waals surface area (Å²) in [6, 6.07) is 6.23. The molecule has 4 heteroatoms. The van der Waals surface area contributed by atoms with Crippen LogP contribution >= 0.6 is 0 Å². The highest BCUT2D eigenvalue weighted by molar-refractivity contribution is 5.67. The molecule has 0 unspecified atom stereocenters. The third-order valence-electron chi connectivity index (χ3n) is 3.38. The van der Waals surface area contributed by atoms with Crippen LogP contribution in [0, 0.1) is 0 Å². The lowest BCUT2D eigenvalue weighted by atomic mass is 9.91. The third kappa shape index (κ3) is 4.96. The fraction of sp³-hybridized carbons (Fsp3) is 0.588. The molecular formula is C17H25NO3. The Kier molecular flexibility index (Phi) is 5.10. The van der Waals surface area contributed by atoms with Crippen molar-refractivity contribution in [2.24, 2.45) is 0 Å². The molecule has 1 aliphatic rings. The number of amides is 1. The largest absolute Gasteiger partial charge is 0.491 e. The molecule has 1 aromatic rings. The lowest BCUT2D eigenvalue weighted by Gasteiger charge is -2.21. The zero-order chi connectivity index (χ0) is 15.3. The van der Waals surface area contributed by atoms with E-state index >= 15 is 0 Å². The van der Waals surface area contributed by atoms with Crippen molar-refractivity contribution in [3.63, 3.8) is 0 Å². The first-order chi connectivity index (χ1) is 9.96. The summed E-state index contributed by atoms with van der Waals surface area (Å²) < 4.78 is 11.0. The van der Waals surface area contributed by atoms with Gasteiger partial charge in [0.05, 0.1) is 6.54 Å². The SMILES string of the molecule is CC(C)(C)OC(=O)NCCOc1cccc2c1CCCC2. The van der Waals surface area contributed by atoms with E-state index in [1.54, 1.807) is 0 Å². The first kappa shape index (κ1) is 15.7. The zero-order valence-corrected chi connectivity index (χ0v) is 13.2. The summed E-state index contributed by atoms with van der Waals surface area (Å²) in [5, 5.41) is 2.70. The van der Waals surface area contributed by atoms with Crippen LogP contribution in [-0.4, -0.2) is 24.8 Å². The molecule has 1 aromatic carbocycles. The van der Waals surface area contributed by atoms with E-state index in [0.29, 0.717) is 13.2 Å². The number of rotatable bonds is 4. The number of aryl methyl sites for hydroxylation is 1. The van der Waals surface area contributed by atoms with Crippen molar-refractivity contribution in [3.8, 4) is 5.75 Å². The molecule has 21 heavy (non-hydrogen) atoms. The summed E-state index contributed by atoms with van der Waals surface area (Å²) >= 11 is 0. The Morgan fingerprint density at radius 1 is 1.24 bits per heavy atom. The molecule has 0 atom stereocenters. The number of ether oxygens (including phenoxy) is 2. The van der Waals surface area contributed by atoms with Crippen LogP contribution < -0.4 is 10.1 Å². The minimum absolute atomic E-state index is 0.402. The Balaban J connectivity index is 1.78. The Hall–Kier alpha value is -1.71. The summed E-state index contributed by atoms with van der Waals surface area (Å²) in [6.45, 7) is 6.44. The summed E-state index contributed by atoms with van der Waals surface area (Å²) in [5.74, 6) is 0.957. The van der Waals surface area contributed by atoms with E-state index in [-0.39, 0.29) is 0 Å². The molecule has 0 saturated heterocycles. The van der Waals surface area contributed by atoms with Gasteiger partial charge in [0.2, 0.25) is 0 Å². The van der Waals surface area contributed by atoms with E-state index in [0.717, 1.165) is 18.6 Å². The smallest absolute Gasteiger partial charge is 0.407 e. The molecule has 1 N–H and O–H groups in total. The van der Waals surface area contributed by atoms with Gasteiger partial charge >= 0.3 is 6.09 Å². The number of benzene rings is 1. The average molecular weight is 291 g/mol. The molecule has 1 amide bonds. The molecule has 0 bridgehead atoms. The average Bonchev–Trinajstić information content (AvgIpc) is 2.42. The van der Waals surface area contributed by atoms with Crippen LogP contribution in [0.25, 0.3) is 0 Å². The maximum Gasteiger partial charge on any atom is 0.407 e. The van der Waals surface area contributed by atoms with Gasteiger partial charge in [0.15, 0.2) is 0 Å². The summed E-state index contributed by atoms with van der Waals surface area (Å²) in [7, 11) is 0. The van der Waals surface area contributed by atoms with Gasteiger partial charge in [-0.05, 0) is 63.6 Å². The molecule has 0 saturated carbocycles. The van der Waals surface area contributed by atoms with Crippen LogP contribution in [0.5, 0.6) is 5.75 Å². The van der Waals surface area contributed by atoms with Crippen LogP contribution in [0.2, 0.25) is 0 Å². The number of alkyl carbamates (subject to hydrolysis) is 1. The number of hydrogen-bond acceptors (Lipinski definition) is 3. The quantitative estimate of drug-likeness (QED) is 0.864. The highest BCUT2D eigenvalue weighted by atomic mass is 16.6. The molecule has 116 valence electrons. The van der Waals surface area contributed by atoms with E-state index in [4.69, 9.17) is 9.47 Å². The Labute approximate surface area is 126 Å². The van der Waals surface area contributed by atoms with Crippen molar-refractivity contribution in [2.75, 3.05) is 13.2 Å². The highest BCUT2D eigenvalue weighted by Crippen LogP contribution is 2.29. The summed E-state index contributed by atoms with van der Waals surface area (Å²) in [4.78, 5) is 11.5. The topological polar surface area (TPSA) is 47.6 Å². The van der Waals surface area contributed by atoms with E-state index < -0.39 is 11.7 Å². The van der Waals surface area contributed by atoms with E-state index in [1.165, 1.54) is 24.0 Å². The Morgan fingerprint density at radius 3 is 2.76 bits per heavy atom. The second kappa shape index (κ2) is 6.83. The lowest BCUT2D eigenvalue weighted by molar-refractivity contribution is 0.0520. The van der Waals surface area contributed by atoms with Crippen molar-refractivity contribution < 1.29 is 14.3 Å². The van der Waals surface area contributed by atoms with Gasteiger partial charge in [-0.1, -0.05) is 12.1 Å². The standard InChI is InChI=1S/C17H25NO3/c1-17(2,3)21-16(19)18-11-12-20-15-10-6-8-13-7-4-5-9-14(13)15/h6,8,10H,4-5,7,9,11-12H2,1-3H3,(H,18,19). The van der Waals surface area contributed by atoms with Gasteiger partial charge in [0.25, 0.3) is 0 Å². The first-order valence-corrected chi connectivity index (χ1v) is 7.66. The predicted octanol–water partition coefficient (Wildman–Crippen LogP) is 3.47. The third-order valence-corrected chi connectivity index (χ3v) is 3.38. The van der Waals surface area contributed by atoms with Gasteiger partial charge in [0.1, 0.15) is 18.0 Å². The molecule has 0 aliphatic heterocycles. The molecule has 4 nitrogen and oxygen atoms in total. The van der Waals surface area contributed by atoms with Crippen molar-refractivity contribution in [3.05, 3.63) is 29.3 Å². The monoisotopic (exact) mass is 291 g/mol. The fourth-order valence-electron chi connectivity index (χ4n) is 2.51. The van der Waals surface area contributed by atoms with Crippen LogP contribution in [0.1, 0.15) is 44.7 Å². The normalized spacial score (nSPS) is 14.2. The van der Waals surface area contributed by atoms with E-state index in [1.807, 2.05) is 32.9 Å². The number of hydrogen-bond donors (Lipinski definition) is 1. The van der Waals surface area contributed by atoms with Gasteiger partial charge in [-0.2, -0.15) is 0 Å². The molecule has 0 fully saturated rings. The lowest BCUT2D eigenvalue weighted by Crippen LogP contribution is -2.34. The molecule has 2 rings (SSSR count). The maximum atomic E-state index is 11.5. The predicted molar refractivity (Wildman–Crippen MR) is 82.8 cm³/mol. The highest BCUT2D eigenvalue weighted by Gasteiger charge is 2.16. The van der Waals surface area contributed by atoms with Crippen molar-refractivity contribution >= 4 is 6.09 Å². The van der Waals surface area contributed by atoms with Gasteiger partial charge in [-0.15, -0.1) is 0 Å². The van der Waals surface area contributed by atoms with Gasteiger partial charge in [0, 0.05) is 0 Å². The molecular weight excluding hydrogens is 266 g/mol. The number of nitrogens with one attached hydrogen (secondary N) is 1.